The number of hydrogen-bond acceptors (Lipinski definition) is 8. The first kappa shape index (κ1) is 17.8. The summed E-state index contributed by atoms with van der Waals surface area (Å²) in [6, 6.07) is 5.62. The third kappa shape index (κ3) is 3.35. The summed E-state index contributed by atoms with van der Waals surface area (Å²) in [6.45, 7) is 5.08. The van der Waals surface area contributed by atoms with Crippen molar-refractivity contribution < 1.29 is 9.21 Å². The molecule has 5 rings (SSSR count). The lowest BCUT2D eigenvalue weighted by molar-refractivity contribution is 0.0958. The second-order valence-corrected chi connectivity index (χ2v) is 7.50. The second kappa shape index (κ2) is 7.27. The molecule has 0 aromatic carbocycles. The van der Waals surface area contributed by atoms with E-state index in [0.29, 0.717) is 24.4 Å². The van der Waals surface area contributed by atoms with Crippen molar-refractivity contribution in [2.24, 2.45) is 0 Å². The normalized spacial score (nSPS) is 19.3. The molecule has 0 N–H and O–H groups in total. The van der Waals surface area contributed by atoms with Crippen molar-refractivity contribution in [3.8, 4) is 0 Å². The largest absolute Gasteiger partial charge is 0.469 e. The Bertz CT molecular complexity index is 1010. The van der Waals surface area contributed by atoms with Gasteiger partial charge in [-0.25, -0.2) is 19.9 Å². The number of aromatic nitrogens is 4. The third-order valence-electron chi connectivity index (χ3n) is 5.65. The Kier molecular flexibility index (Phi) is 4.46. The van der Waals surface area contributed by atoms with Crippen molar-refractivity contribution in [1.82, 2.24) is 19.9 Å². The van der Waals surface area contributed by atoms with Crippen molar-refractivity contribution in [2.45, 2.75) is 25.7 Å². The van der Waals surface area contributed by atoms with Crippen LogP contribution in [0.3, 0.4) is 0 Å². The number of hydrogen-bond donors (Lipinski definition) is 0. The highest BCUT2D eigenvalue weighted by molar-refractivity contribution is 5.99. The van der Waals surface area contributed by atoms with Crippen LogP contribution in [-0.4, -0.2) is 51.9 Å². The molecule has 3 aromatic heterocycles. The van der Waals surface area contributed by atoms with Crippen LogP contribution >= 0.6 is 0 Å². The minimum absolute atomic E-state index is 0.0410. The summed E-state index contributed by atoms with van der Waals surface area (Å²) in [7, 11) is 0. The first-order valence-corrected chi connectivity index (χ1v) is 9.90. The van der Waals surface area contributed by atoms with Gasteiger partial charge in [0.05, 0.1) is 23.2 Å². The standard InChI is InChI=1S/C21H22N6O2/c1-14-19-16(12-15(13-17(19)28)18-4-2-11-29-18)25-21(24-14)27-9-7-26(8-10-27)20-22-5-3-6-23-20/h2-6,11,15H,7-10,12-13H2,1H3/t15-/m1/s1. The van der Waals surface area contributed by atoms with Crippen molar-refractivity contribution in [3.63, 3.8) is 0 Å². The van der Waals surface area contributed by atoms with Crippen molar-refractivity contribution in [1.29, 1.82) is 0 Å². The summed E-state index contributed by atoms with van der Waals surface area (Å²) < 4.78 is 5.54. The Hall–Kier alpha value is -3.29. The Balaban J connectivity index is 1.37. The average Bonchev–Trinajstić information content (AvgIpc) is 3.29. The van der Waals surface area contributed by atoms with Crippen LogP contribution in [0.25, 0.3) is 0 Å². The van der Waals surface area contributed by atoms with Crippen LogP contribution in [0, 0.1) is 6.92 Å². The highest BCUT2D eigenvalue weighted by Crippen LogP contribution is 2.34. The predicted molar refractivity (Wildman–Crippen MR) is 107 cm³/mol. The molecule has 3 aromatic rings. The van der Waals surface area contributed by atoms with E-state index in [1.54, 1.807) is 18.7 Å². The Morgan fingerprint density at radius 2 is 1.69 bits per heavy atom. The monoisotopic (exact) mass is 390 g/mol. The molecule has 0 saturated carbocycles. The molecule has 1 aliphatic heterocycles. The van der Waals surface area contributed by atoms with Crippen molar-refractivity contribution in [3.05, 3.63) is 59.6 Å². The first-order valence-electron chi connectivity index (χ1n) is 9.90. The van der Waals surface area contributed by atoms with Gasteiger partial charge < -0.3 is 14.2 Å². The SMILES string of the molecule is Cc1nc(N2CCN(c3ncccn3)CC2)nc2c1C(=O)C[C@H](c1ccco1)C2. The fraction of sp³-hybridized carbons (Fsp3) is 0.381. The van der Waals surface area contributed by atoms with Crippen molar-refractivity contribution in [2.75, 3.05) is 36.0 Å². The molecule has 4 heterocycles. The minimum atomic E-state index is 0.0410. The lowest BCUT2D eigenvalue weighted by atomic mass is 9.84. The summed E-state index contributed by atoms with van der Waals surface area (Å²) in [6.07, 6.45) is 6.32. The van der Waals surface area contributed by atoms with Crippen LogP contribution in [0.15, 0.2) is 41.3 Å². The number of carbonyl (C=O) groups is 1. The molecule has 2 aliphatic rings. The van der Waals surface area contributed by atoms with E-state index in [1.807, 2.05) is 25.1 Å². The van der Waals surface area contributed by atoms with E-state index in [1.165, 1.54) is 0 Å². The van der Waals surface area contributed by atoms with E-state index in [4.69, 9.17) is 9.40 Å². The number of furan rings is 1. The molecule has 0 unspecified atom stereocenters. The third-order valence-corrected chi connectivity index (χ3v) is 5.65. The quantitative estimate of drug-likeness (QED) is 0.674. The lowest BCUT2D eigenvalue weighted by Gasteiger charge is -2.35. The van der Waals surface area contributed by atoms with Gasteiger partial charge in [0.1, 0.15) is 5.76 Å². The zero-order valence-corrected chi connectivity index (χ0v) is 16.3. The molecule has 1 atom stereocenters. The Morgan fingerprint density at radius 3 is 2.38 bits per heavy atom. The highest BCUT2D eigenvalue weighted by Gasteiger charge is 2.32. The first-order chi connectivity index (χ1) is 14.2. The maximum atomic E-state index is 12.7. The fourth-order valence-corrected chi connectivity index (χ4v) is 4.19. The van der Waals surface area contributed by atoms with Crippen LogP contribution in [-0.2, 0) is 6.42 Å². The molecule has 1 saturated heterocycles. The van der Waals surface area contributed by atoms with Gasteiger partial charge in [0.15, 0.2) is 5.78 Å². The summed E-state index contributed by atoms with van der Waals surface area (Å²) in [5, 5.41) is 0. The molecule has 0 radical (unpaired) electrons. The summed E-state index contributed by atoms with van der Waals surface area (Å²) in [4.78, 5) is 35.2. The molecule has 1 aliphatic carbocycles. The van der Waals surface area contributed by atoms with Crippen LogP contribution in [0.1, 0.15) is 39.8 Å². The number of fused-ring (bicyclic) bond motifs is 1. The molecule has 29 heavy (non-hydrogen) atoms. The lowest BCUT2D eigenvalue weighted by Crippen LogP contribution is -2.48. The van der Waals surface area contributed by atoms with Gasteiger partial charge in [0.2, 0.25) is 11.9 Å². The number of carbonyl (C=O) groups excluding carboxylic acids is 1. The summed E-state index contributed by atoms with van der Waals surface area (Å²) >= 11 is 0. The molecular formula is C21H22N6O2. The average molecular weight is 390 g/mol. The van der Waals surface area contributed by atoms with Crippen LogP contribution in [0.5, 0.6) is 0 Å². The highest BCUT2D eigenvalue weighted by atomic mass is 16.3. The number of nitrogens with zero attached hydrogens (tertiary/aromatic N) is 6. The molecule has 0 amide bonds. The summed E-state index contributed by atoms with van der Waals surface area (Å²) in [5.74, 6) is 2.43. The molecule has 8 heteroatoms. The van der Waals surface area contributed by atoms with Crippen molar-refractivity contribution >= 4 is 17.7 Å². The van der Waals surface area contributed by atoms with Gasteiger partial charge >= 0.3 is 0 Å². The predicted octanol–water partition coefficient (Wildman–Crippen LogP) is 2.41. The zero-order valence-electron chi connectivity index (χ0n) is 16.3. The van der Waals surface area contributed by atoms with E-state index in [0.717, 1.165) is 49.3 Å². The van der Waals surface area contributed by atoms with Crippen LogP contribution < -0.4 is 9.80 Å². The van der Waals surface area contributed by atoms with Gasteiger partial charge in [0, 0.05) is 57.3 Å². The number of aryl methyl sites for hydroxylation is 1. The molecule has 0 bridgehead atoms. The van der Waals surface area contributed by atoms with Gasteiger partial charge in [-0.3, -0.25) is 4.79 Å². The zero-order chi connectivity index (χ0) is 19.8. The van der Waals surface area contributed by atoms with E-state index >= 15 is 0 Å². The number of piperazine rings is 1. The van der Waals surface area contributed by atoms with Gasteiger partial charge in [0.25, 0.3) is 0 Å². The van der Waals surface area contributed by atoms with Gasteiger partial charge in [-0.1, -0.05) is 0 Å². The molecule has 148 valence electrons. The molecule has 8 nitrogen and oxygen atoms in total. The minimum Gasteiger partial charge on any atom is -0.469 e. The number of anilines is 2. The van der Waals surface area contributed by atoms with E-state index < -0.39 is 0 Å². The number of rotatable bonds is 3. The Labute approximate surface area is 168 Å². The fourth-order valence-electron chi connectivity index (χ4n) is 4.19. The molecular weight excluding hydrogens is 368 g/mol. The molecule has 1 fully saturated rings. The number of ketones is 1. The number of Topliss-reactive ketones (excluding diaryl/α,β-unsaturated/α-hetero) is 1. The van der Waals surface area contributed by atoms with Gasteiger partial charge in [-0.2, -0.15) is 0 Å². The second-order valence-electron chi connectivity index (χ2n) is 7.50. The maximum absolute atomic E-state index is 12.7. The maximum Gasteiger partial charge on any atom is 0.225 e. The van der Waals surface area contributed by atoms with Crippen LogP contribution in [0.4, 0.5) is 11.9 Å². The van der Waals surface area contributed by atoms with E-state index in [2.05, 4.69) is 24.8 Å². The summed E-state index contributed by atoms with van der Waals surface area (Å²) in [5.41, 5.74) is 2.29. The Morgan fingerprint density at radius 1 is 0.966 bits per heavy atom. The van der Waals surface area contributed by atoms with Gasteiger partial charge in [-0.05, 0) is 25.1 Å². The topological polar surface area (TPSA) is 88.3 Å². The smallest absolute Gasteiger partial charge is 0.225 e. The van der Waals surface area contributed by atoms with Gasteiger partial charge in [-0.15, -0.1) is 0 Å². The molecule has 0 spiro atoms. The van der Waals surface area contributed by atoms with Crippen LogP contribution in [0.2, 0.25) is 0 Å². The van der Waals surface area contributed by atoms with E-state index in [-0.39, 0.29) is 11.7 Å². The van der Waals surface area contributed by atoms with E-state index in [9.17, 15) is 4.79 Å².